The van der Waals surface area contributed by atoms with Crippen molar-refractivity contribution in [2.24, 2.45) is 5.92 Å². The maximum Gasteiger partial charge on any atom is 0.254 e. The summed E-state index contributed by atoms with van der Waals surface area (Å²) in [5.41, 5.74) is 3.27. The van der Waals surface area contributed by atoms with Crippen molar-refractivity contribution < 1.29 is 14.4 Å². The van der Waals surface area contributed by atoms with E-state index >= 15 is 0 Å². The molecular weight excluding hydrogens is 428 g/mol. The molecule has 182 valence electrons. The summed E-state index contributed by atoms with van der Waals surface area (Å²) in [6.07, 6.45) is 3.26. The molecule has 0 bridgehead atoms. The predicted octanol–water partition coefficient (Wildman–Crippen LogP) is 4.45. The Morgan fingerprint density at radius 2 is 1.82 bits per heavy atom. The molecule has 3 N–H and O–H groups in total. The molecule has 1 heterocycles. The highest BCUT2D eigenvalue weighted by atomic mass is 16.2. The summed E-state index contributed by atoms with van der Waals surface area (Å²) >= 11 is 0. The van der Waals surface area contributed by atoms with Crippen molar-refractivity contribution in [1.29, 1.82) is 0 Å². The number of anilines is 2. The SMILES string of the molecule is Cc1cc(C(=O)N2CCCCC2C)ccc1NCC(=O)Nc1ccccc1C(=O)NCC(C)C. The number of rotatable bonds is 8. The van der Waals surface area contributed by atoms with Crippen LogP contribution in [0.1, 0.15) is 66.3 Å². The number of carbonyl (C=O) groups excluding carboxylic acids is 3. The zero-order chi connectivity index (χ0) is 24.7. The van der Waals surface area contributed by atoms with E-state index in [1.807, 2.05) is 43.9 Å². The lowest BCUT2D eigenvalue weighted by Crippen LogP contribution is -2.42. The average molecular weight is 465 g/mol. The van der Waals surface area contributed by atoms with E-state index < -0.39 is 0 Å². The molecule has 0 radical (unpaired) electrons. The van der Waals surface area contributed by atoms with Crippen LogP contribution in [0.25, 0.3) is 0 Å². The monoisotopic (exact) mass is 464 g/mol. The molecule has 0 aliphatic carbocycles. The van der Waals surface area contributed by atoms with Gasteiger partial charge in [0.2, 0.25) is 5.91 Å². The number of hydrogen-bond donors (Lipinski definition) is 3. The summed E-state index contributed by atoms with van der Waals surface area (Å²) in [5.74, 6) is -0.0718. The average Bonchev–Trinajstić information content (AvgIpc) is 2.82. The van der Waals surface area contributed by atoms with Crippen molar-refractivity contribution in [3.63, 3.8) is 0 Å². The molecule has 2 aromatic carbocycles. The third-order valence-corrected chi connectivity index (χ3v) is 6.09. The van der Waals surface area contributed by atoms with E-state index in [1.54, 1.807) is 24.3 Å². The molecule has 3 rings (SSSR count). The lowest BCUT2D eigenvalue weighted by molar-refractivity contribution is -0.114. The van der Waals surface area contributed by atoms with Crippen LogP contribution in [-0.4, -0.2) is 48.3 Å². The first-order valence-corrected chi connectivity index (χ1v) is 12.1. The van der Waals surface area contributed by atoms with Gasteiger partial charge in [-0.1, -0.05) is 26.0 Å². The molecule has 1 atom stereocenters. The Bertz CT molecular complexity index is 1030. The van der Waals surface area contributed by atoms with Crippen molar-refractivity contribution in [2.45, 2.75) is 53.0 Å². The zero-order valence-corrected chi connectivity index (χ0v) is 20.6. The fraction of sp³-hybridized carbons (Fsp3) is 0.444. The lowest BCUT2D eigenvalue weighted by Gasteiger charge is -2.33. The minimum absolute atomic E-state index is 0.0409. The van der Waals surface area contributed by atoms with Crippen LogP contribution in [0.3, 0.4) is 0 Å². The topological polar surface area (TPSA) is 90.5 Å². The van der Waals surface area contributed by atoms with Gasteiger partial charge < -0.3 is 20.9 Å². The van der Waals surface area contributed by atoms with Gasteiger partial charge in [-0.15, -0.1) is 0 Å². The van der Waals surface area contributed by atoms with Crippen LogP contribution in [0, 0.1) is 12.8 Å². The normalized spacial score (nSPS) is 15.7. The van der Waals surface area contributed by atoms with E-state index in [-0.39, 0.29) is 30.3 Å². The van der Waals surface area contributed by atoms with Gasteiger partial charge >= 0.3 is 0 Å². The van der Waals surface area contributed by atoms with E-state index in [9.17, 15) is 14.4 Å². The molecule has 7 heteroatoms. The van der Waals surface area contributed by atoms with E-state index in [0.717, 1.165) is 30.6 Å². The van der Waals surface area contributed by atoms with Crippen molar-refractivity contribution in [2.75, 3.05) is 30.3 Å². The van der Waals surface area contributed by atoms with Gasteiger partial charge in [0.05, 0.1) is 17.8 Å². The molecule has 1 fully saturated rings. The Morgan fingerprint density at radius 1 is 1.06 bits per heavy atom. The lowest BCUT2D eigenvalue weighted by atomic mass is 10.0. The number of amides is 3. The highest BCUT2D eigenvalue weighted by Crippen LogP contribution is 2.22. The number of para-hydroxylation sites is 1. The van der Waals surface area contributed by atoms with Gasteiger partial charge in [0, 0.05) is 30.4 Å². The Morgan fingerprint density at radius 3 is 2.53 bits per heavy atom. The molecule has 3 amide bonds. The largest absolute Gasteiger partial charge is 0.376 e. The quantitative estimate of drug-likeness (QED) is 0.539. The number of carbonyl (C=O) groups is 3. The number of benzene rings is 2. The van der Waals surface area contributed by atoms with Crippen molar-refractivity contribution in [3.05, 3.63) is 59.2 Å². The number of piperidine rings is 1. The highest BCUT2D eigenvalue weighted by molar-refractivity contribution is 6.04. The second kappa shape index (κ2) is 11.7. The van der Waals surface area contributed by atoms with Crippen LogP contribution in [0.2, 0.25) is 0 Å². The maximum absolute atomic E-state index is 12.9. The number of aryl methyl sites for hydroxylation is 1. The molecule has 7 nitrogen and oxygen atoms in total. The molecule has 34 heavy (non-hydrogen) atoms. The third kappa shape index (κ3) is 6.59. The standard InChI is InChI=1S/C27H36N4O3/c1-18(2)16-29-26(33)22-10-5-6-11-24(22)30-25(32)17-28-23-13-12-21(15-19(23)3)27(34)31-14-8-7-9-20(31)4/h5-6,10-13,15,18,20,28H,7-9,14,16-17H2,1-4H3,(H,29,33)(H,30,32). The van der Waals surface area contributed by atoms with E-state index in [0.29, 0.717) is 29.3 Å². The Labute approximate surface area is 202 Å². The van der Waals surface area contributed by atoms with Gasteiger partial charge in [0.15, 0.2) is 0 Å². The summed E-state index contributed by atoms with van der Waals surface area (Å²) in [6.45, 7) is 9.48. The van der Waals surface area contributed by atoms with Crippen LogP contribution in [0.4, 0.5) is 11.4 Å². The van der Waals surface area contributed by atoms with Gasteiger partial charge in [-0.05, 0) is 74.9 Å². The minimum Gasteiger partial charge on any atom is -0.376 e. The number of nitrogens with one attached hydrogen (secondary N) is 3. The summed E-state index contributed by atoms with van der Waals surface area (Å²) in [5, 5.41) is 8.84. The molecule has 0 aromatic heterocycles. The summed E-state index contributed by atoms with van der Waals surface area (Å²) in [7, 11) is 0. The highest BCUT2D eigenvalue weighted by Gasteiger charge is 2.24. The van der Waals surface area contributed by atoms with Crippen LogP contribution in [0.15, 0.2) is 42.5 Å². The Balaban J connectivity index is 1.59. The molecule has 0 spiro atoms. The second-order valence-corrected chi connectivity index (χ2v) is 9.42. The van der Waals surface area contributed by atoms with E-state index in [1.165, 1.54) is 6.42 Å². The number of hydrogen-bond acceptors (Lipinski definition) is 4. The molecular formula is C27H36N4O3. The zero-order valence-electron chi connectivity index (χ0n) is 20.6. The fourth-order valence-corrected chi connectivity index (χ4v) is 4.11. The minimum atomic E-state index is -0.259. The van der Waals surface area contributed by atoms with Crippen molar-refractivity contribution in [3.8, 4) is 0 Å². The summed E-state index contributed by atoms with van der Waals surface area (Å²) < 4.78 is 0. The van der Waals surface area contributed by atoms with Gasteiger partial charge in [0.1, 0.15) is 0 Å². The molecule has 1 saturated heterocycles. The fourth-order valence-electron chi connectivity index (χ4n) is 4.11. The second-order valence-electron chi connectivity index (χ2n) is 9.42. The van der Waals surface area contributed by atoms with Crippen molar-refractivity contribution in [1.82, 2.24) is 10.2 Å². The third-order valence-electron chi connectivity index (χ3n) is 6.09. The first kappa shape index (κ1) is 25.3. The van der Waals surface area contributed by atoms with E-state index in [4.69, 9.17) is 0 Å². The predicted molar refractivity (Wildman–Crippen MR) is 136 cm³/mol. The van der Waals surface area contributed by atoms with E-state index in [2.05, 4.69) is 22.9 Å². The maximum atomic E-state index is 12.9. The van der Waals surface area contributed by atoms with Crippen molar-refractivity contribution >= 4 is 29.1 Å². The van der Waals surface area contributed by atoms with Gasteiger partial charge in [-0.3, -0.25) is 14.4 Å². The first-order valence-electron chi connectivity index (χ1n) is 12.1. The molecule has 1 aliphatic heterocycles. The molecule has 2 aromatic rings. The van der Waals surface area contributed by atoms with Gasteiger partial charge in [-0.2, -0.15) is 0 Å². The van der Waals surface area contributed by atoms with Crippen LogP contribution >= 0.6 is 0 Å². The number of nitrogens with zero attached hydrogens (tertiary/aromatic N) is 1. The first-order chi connectivity index (χ1) is 16.3. The Kier molecular flexibility index (Phi) is 8.68. The van der Waals surface area contributed by atoms with Gasteiger partial charge in [0.25, 0.3) is 11.8 Å². The molecule has 0 saturated carbocycles. The van der Waals surface area contributed by atoms with Crippen LogP contribution in [0.5, 0.6) is 0 Å². The van der Waals surface area contributed by atoms with Gasteiger partial charge in [-0.25, -0.2) is 0 Å². The molecule has 1 aliphatic rings. The molecule has 1 unspecified atom stereocenters. The Hall–Kier alpha value is -3.35. The summed E-state index contributed by atoms with van der Waals surface area (Å²) in [6, 6.07) is 12.8. The number of likely N-dealkylation sites (tertiary alicyclic amines) is 1. The van der Waals surface area contributed by atoms with Crippen LogP contribution < -0.4 is 16.0 Å². The van der Waals surface area contributed by atoms with Crippen LogP contribution in [-0.2, 0) is 4.79 Å². The summed E-state index contributed by atoms with van der Waals surface area (Å²) in [4.78, 5) is 40.0. The smallest absolute Gasteiger partial charge is 0.254 e.